The van der Waals surface area contributed by atoms with Crippen LogP contribution in [0.2, 0.25) is 0 Å². The quantitative estimate of drug-likeness (QED) is 0.923. The number of pyridine rings is 1. The van der Waals surface area contributed by atoms with Crippen molar-refractivity contribution < 1.29 is 14.3 Å². The molecule has 0 amide bonds. The van der Waals surface area contributed by atoms with Crippen LogP contribution < -0.4 is 0 Å². The van der Waals surface area contributed by atoms with Gasteiger partial charge in [-0.1, -0.05) is 0 Å². The molecule has 0 saturated carbocycles. The molecule has 0 fully saturated rings. The lowest BCUT2D eigenvalue weighted by Gasteiger charge is -1.88. The molecule has 2 rings (SSSR count). The van der Waals surface area contributed by atoms with Gasteiger partial charge in [-0.15, -0.1) is 0 Å². The van der Waals surface area contributed by atoms with Crippen LogP contribution in [0, 0.1) is 0 Å². The molecule has 2 aromatic heterocycles. The second kappa shape index (κ2) is 3.98. The molecule has 5 nitrogen and oxygen atoms in total. The number of halogens is 1. The Kier molecular flexibility index (Phi) is 2.68. The third kappa shape index (κ3) is 2.33. The Hall–Kier alpha value is -1.43. The molecule has 0 aliphatic rings. The van der Waals surface area contributed by atoms with Crippen LogP contribution >= 0.6 is 15.9 Å². The maximum atomic E-state index is 10.3. The van der Waals surface area contributed by atoms with Crippen molar-refractivity contribution in [3.05, 3.63) is 22.6 Å². The van der Waals surface area contributed by atoms with Crippen LogP contribution in [-0.4, -0.2) is 21.0 Å². The van der Waals surface area contributed by atoms with E-state index in [1.165, 1.54) is 0 Å². The lowest BCUT2D eigenvalue weighted by atomic mass is 10.3. The lowest BCUT2D eigenvalue weighted by Crippen LogP contribution is -1.97. The summed E-state index contributed by atoms with van der Waals surface area (Å²) < 4.78 is 6.08. The molecule has 0 aliphatic heterocycles. The van der Waals surface area contributed by atoms with E-state index in [9.17, 15) is 4.79 Å². The largest absolute Gasteiger partial charge is 0.481 e. The Balaban J connectivity index is 2.27. The minimum absolute atomic E-state index is 0.00793. The highest BCUT2D eigenvalue weighted by atomic mass is 79.9. The van der Waals surface area contributed by atoms with Crippen molar-refractivity contribution in [1.82, 2.24) is 9.97 Å². The molecule has 15 heavy (non-hydrogen) atoms. The molecular formula is C9H7BrN2O3. The first-order chi connectivity index (χ1) is 7.15. The molecule has 0 saturated heterocycles. The first-order valence-corrected chi connectivity index (χ1v) is 5.07. The average molecular weight is 271 g/mol. The first-order valence-electron chi connectivity index (χ1n) is 4.28. The smallest absolute Gasteiger partial charge is 0.303 e. The average Bonchev–Trinajstić information content (AvgIpc) is 2.56. The second-order valence-electron chi connectivity index (χ2n) is 2.98. The first kappa shape index (κ1) is 10.1. The Morgan fingerprint density at radius 1 is 1.60 bits per heavy atom. The third-order valence-electron chi connectivity index (χ3n) is 1.81. The lowest BCUT2D eigenvalue weighted by molar-refractivity contribution is -0.137. The van der Waals surface area contributed by atoms with Gasteiger partial charge in [0.25, 0.3) is 0 Å². The van der Waals surface area contributed by atoms with Crippen LogP contribution in [0.4, 0.5) is 0 Å². The molecule has 1 N–H and O–H groups in total. The van der Waals surface area contributed by atoms with E-state index in [-0.39, 0.29) is 12.8 Å². The van der Waals surface area contributed by atoms with Gasteiger partial charge in [-0.3, -0.25) is 4.79 Å². The van der Waals surface area contributed by atoms with Gasteiger partial charge in [0.1, 0.15) is 5.52 Å². The summed E-state index contributed by atoms with van der Waals surface area (Å²) >= 11 is 3.27. The van der Waals surface area contributed by atoms with E-state index in [1.54, 1.807) is 12.3 Å². The van der Waals surface area contributed by atoms with Crippen LogP contribution in [0.15, 0.2) is 21.2 Å². The van der Waals surface area contributed by atoms with E-state index >= 15 is 0 Å². The summed E-state index contributed by atoms with van der Waals surface area (Å²) in [6.07, 6.45) is 1.89. The molecule has 0 bridgehead atoms. The van der Waals surface area contributed by atoms with Gasteiger partial charge in [0.15, 0.2) is 5.89 Å². The summed E-state index contributed by atoms with van der Waals surface area (Å²) in [5.41, 5.74) is 1.06. The van der Waals surface area contributed by atoms with Crippen molar-refractivity contribution in [1.29, 1.82) is 0 Å². The van der Waals surface area contributed by atoms with E-state index in [0.717, 1.165) is 4.47 Å². The van der Waals surface area contributed by atoms with Crippen molar-refractivity contribution in [3.8, 4) is 0 Å². The third-order valence-corrected chi connectivity index (χ3v) is 2.24. The molecule has 0 spiro atoms. The Morgan fingerprint density at radius 3 is 3.13 bits per heavy atom. The van der Waals surface area contributed by atoms with Crippen LogP contribution in [0.1, 0.15) is 12.3 Å². The molecular weight excluding hydrogens is 264 g/mol. The van der Waals surface area contributed by atoms with Crippen LogP contribution in [0.5, 0.6) is 0 Å². The number of carboxylic acid groups (broad SMARTS) is 1. The Morgan fingerprint density at radius 2 is 2.40 bits per heavy atom. The number of hydrogen-bond acceptors (Lipinski definition) is 4. The fourth-order valence-corrected chi connectivity index (χ4v) is 1.48. The number of carbonyl (C=O) groups is 1. The van der Waals surface area contributed by atoms with Crippen molar-refractivity contribution in [2.45, 2.75) is 12.8 Å². The normalized spacial score (nSPS) is 10.7. The molecule has 6 heteroatoms. The minimum Gasteiger partial charge on any atom is -0.481 e. The van der Waals surface area contributed by atoms with Crippen molar-refractivity contribution >= 4 is 33.1 Å². The van der Waals surface area contributed by atoms with Crippen LogP contribution in [0.3, 0.4) is 0 Å². The topological polar surface area (TPSA) is 76.2 Å². The summed E-state index contributed by atoms with van der Waals surface area (Å²) in [4.78, 5) is 18.5. The molecule has 0 aliphatic carbocycles. The van der Waals surface area contributed by atoms with Gasteiger partial charge in [-0.05, 0) is 22.0 Å². The Bertz CT molecular complexity index is 509. The minimum atomic E-state index is -0.869. The van der Waals surface area contributed by atoms with Crippen molar-refractivity contribution in [2.24, 2.45) is 0 Å². The highest BCUT2D eigenvalue weighted by Crippen LogP contribution is 2.18. The molecule has 0 aromatic carbocycles. The second-order valence-corrected chi connectivity index (χ2v) is 3.89. The highest BCUT2D eigenvalue weighted by Gasteiger charge is 2.08. The number of fused-ring (bicyclic) bond motifs is 1. The maximum Gasteiger partial charge on any atom is 0.303 e. The van der Waals surface area contributed by atoms with Crippen LogP contribution in [0.25, 0.3) is 11.2 Å². The highest BCUT2D eigenvalue weighted by molar-refractivity contribution is 9.10. The summed E-state index contributed by atoms with van der Waals surface area (Å²) in [5.74, 6) is -0.468. The van der Waals surface area contributed by atoms with Gasteiger partial charge < -0.3 is 9.52 Å². The van der Waals surface area contributed by atoms with Gasteiger partial charge in [-0.2, -0.15) is 0 Å². The van der Waals surface area contributed by atoms with E-state index in [2.05, 4.69) is 25.9 Å². The predicted octanol–water partition coefficient (Wildman–Crippen LogP) is 2.00. The number of aromatic nitrogens is 2. The molecule has 0 atom stereocenters. The van der Waals surface area contributed by atoms with E-state index in [0.29, 0.717) is 17.1 Å². The van der Waals surface area contributed by atoms with Crippen molar-refractivity contribution in [2.75, 3.05) is 0 Å². The summed E-state index contributed by atoms with van der Waals surface area (Å²) in [6.45, 7) is 0. The fraction of sp³-hybridized carbons (Fsp3) is 0.222. The van der Waals surface area contributed by atoms with Crippen molar-refractivity contribution in [3.63, 3.8) is 0 Å². The SMILES string of the molecule is O=C(O)CCc1nc2cc(Br)cnc2o1. The number of carboxylic acids is 1. The summed E-state index contributed by atoms with van der Waals surface area (Å²) in [6, 6.07) is 1.77. The van der Waals surface area contributed by atoms with Gasteiger partial charge in [0.2, 0.25) is 5.71 Å². The number of nitrogens with zero attached hydrogens (tertiary/aromatic N) is 2. The molecule has 78 valence electrons. The molecule has 0 unspecified atom stereocenters. The zero-order valence-electron chi connectivity index (χ0n) is 7.61. The summed E-state index contributed by atoms with van der Waals surface area (Å²) in [7, 11) is 0. The predicted molar refractivity (Wildman–Crippen MR) is 55.5 cm³/mol. The summed E-state index contributed by atoms with van der Waals surface area (Å²) in [5, 5.41) is 8.50. The standard InChI is InChI=1S/C9H7BrN2O3/c10-5-3-6-9(11-4-5)15-7(12-6)1-2-8(13)14/h3-4H,1-2H2,(H,13,14). The van der Waals surface area contributed by atoms with Gasteiger partial charge >= 0.3 is 5.97 Å². The Labute approximate surface area is 93.3 Å². The van der Waals surface area contributed by atoms with Gasteiger partial charge in [0, 0.05) is 17.1 Å². The maximum absolute atomic E-state index is 10.3. The molecule has 0 radical (unpaired) electrons. The fourth-order valence-electron chi connectivity index (χ4n) is 1.16. The molecule has 2 aromatic rings. The number of oxazole rings is 1. The zero-order chi connectivity index (χ0) is 10.8. The van der Waals surface area contributed by atoms with Gasteiger partial charge in [0.05, 0.1) is 6.42 Å². The van der Waals surface area contributed by atoms with E-state index in [4.69, 9.17) is 9.52 Å². The number of rotatable bonds is 3. The number of aryl methyl sites for hydroxylation is 1. The van der Waals surface area contributed by atoms with Gasteiger partial charge in [-0.25, -0.2) is 9.97 Å². The zero-order valence-corrected chi connectivity index (χ0v) is 9.19. The molecule has 2 heterocycles. The van der Waals surface area contributed by atoms with E-state index < -0.39 is 5.97 Å². The monoisotopic (exact) mass is 270 g/mol. The number of hydrogen-bond donors (Lipinski definition) is 1. The van der Waals surface area contributed by atoms with E-state index in [1.807, 2.05) is 0 Å². The van der Waals surface area contributed by atoms with Crippen LogP contribution in [-0.2, 0) is 11.2 Å². The number of aliphatic carboxylic acids is 1.